The highest BCUT2D eigenvalue weighted by atomic mass is 32.1. The van der Waals surface area contributed by atoms with E-state index in [-0.39, 0.29) is 6.03 Å². The minimum atomic E-state index is -0.532. The molecule has 0 atom stereocenters. The average molecular weight is 363 g/mol. The van der Waals surface area contributed by atoms with E-state index in [0.717, 1.165) is 17.1 Å². The quantitative estimate of drug-likeness (QED) is 0.905. The first-order chi connectivity index (χ1) is 11.9. The Bertz CT molecular complexity index is 775. The lowest BCUT2D eigenvalue weighted by molar-refractivity contribution is 0.0833. The third-order valence-electron chi connectivity index (χ3n) is 3.78. The van der Waals surface area contributed by atoms with Crippen molar-refractivity contribution in [3.05, 3.63) is 30.0 Å². The molecule has 0 radical (unpaired) electrons. The predicted molar refractivity (Wildman–Crippen MR) is 95.8 cm³/mol. The second kappa shape index (κ2) is 6.79. The summed E-state index contributed by atoms with van der Waals surface area (Å²) in [5, 5.41) is 3.96. The van der Waals surface area contributed by atoms with Gasteiger partial charge in [0.1, 0.15) is 17.1 Å². The van der Waals surface area contributed by atoms with Gasteiger partial charge in [-0.3, -0.25) is 5.32 Å². The van der Waals surface area contributed by atoms with Crippen LogP contribution in [0.5, 0.6) is 16.6 Å². The van der Waals surface area contributed by atoms with Crippen LogP contribution in [0.3, 0.4) is 0 Å². The molecule has 0 saturated heterocycles. The second-order valence-electron chi connectivity index (χ2n) is 6.31. The fraction of sp³-hybridized carbons (Fsp3) is 0.412. The van der Waals surface area contributed by atoms with E-state index in [2.05, 4.69) is 10.3 Å². The van der Waals surface area contributed by atoms with Crippen LogP contribution in [0.25, 0.3) is 0 Å². The van der Waals surface area contributed by atoms with Gasteiger partial charge in [0, 0.05) is 11.6 Å². The zero-order valence-electron chi connectivity index (χ0n) is 14.7. The van der Waals surface area contributed by atoms with Crippen LogP contribution in [-0.4, -0.2) is 42.3 Å². The van der Waals surface area contributed by atoms with E-state index < -0.39 is 5.60 Å². The van der Waals surface area contributed by atoms with Gasteiger partial charge in [0.2, 0.25) is 0 Å². The van der Waals surface area contributed by atoms with Crippen molar-refractivity contribution in [2.24, 2.45) is 0 Å². The van der Waals surface area contributed by atoms with Gasteiger partial charge in [0.25, 0.3) is 0 Å². The van der Waals surface area contributed by atoms with E-state index in [1.54, 1.807) is 25.3 Å². The largest absolute Gasteiger partial charge is 0.497 e. The zero-order valence-corrected chi connectivity index (χ0v) is 15.5. The summed E-state index contributed by atoms with van der Waals surface area (Å²) in [5.41, 5.74) is 0.397. The SMILES string of the molecule is COc1ccc2c(c1)OC(C)(C)CN(C(=O)Nc1ncc(OC)s1)C2. The fourth-order valence-corrected chi connectivity index (χ4v) is 3.29. The molecular formula is C17H21N3O4S. The highest BCUT2D eigenvalue weighted by Gasteiger charge is 2.32. The standard InChI is InChI=1S/C17H21N3O4S/c1-17(2)10-20(16(21)19-15-18-8-14(23-4)25-15)9-11-5-6-12(22-3)7-13(11)24-17/h5-8H,9-10H2,1-4H3,(H,18,19,21). The van der Waals surface area contributed by atoms with Crippen LogP contribution in [0, 0.1) is 0 Å². The lowest BCUT2D eigenvalue weighted by Crippen LogP contribution is -2.44. The van der Waals surface area contributed by atoms with E-state index in [4.69, 9.17) is 14.2 Å². The molecule has 7 nitrogen and oxygen atoms in total. The van der Waals surface area contributed by atoms with Crippen molar-refractivity contribution < 1.29 is 19.0 Å². The number of fused-ring (bicyclic) bond motifs is 1. The summed E-state index contributed by atoms with van der Waals surface area (Å²) in [5.74, 6) is 1.46. The van der Waals surface area contributed by atoms with Crippen LogP contribution >= 0.6 is 11.3 Å². The molecule has 134 valence electrons. The van der Waals surface area contributed by atoms with Crippen molar-refractivity contribution >= 4 is 22.5 Å². The Kier molecular flexibility index (Phi) is 4.71. The van der Waals surface area contributed by atoms with Crippen LogP contribution < -0.4 is 19.5 Å². The highest BCUT2D eigenvalue weighted by Crippen LogP contribution is 2.33. The van der Waals surface area contributed by atoms with Gasteiger partial charge in [-0.05, 0) is 26.0 Å². The Labute approximate surface area is 150 Å². The molecule has 1 N–H and O–H groups in total. The summed E-state index contributed by atoms with van der Waals surface area (Å²) >= 11 is 1.28. The van der Waals surface area contributed by atoms with Gasteiger partial charge in [-0.25, -0.2) is 9.78 Å². The maximum Gasteiger partial charge on any atom is 0.324 e. The number of carbonyl (C=O) groups excluding carboxylic acids is 1. The monoisotopic (exact) mass is 363 g/mol. The van der Waals surface area contributed by atoms with Gasteiger partial charge >= 0.3 is 6.03 Å². The molecule has 1 aliphatic heterocycles. The van der Waals surface area contributed by atoms with Crippen molar-refractivity contribution in [3.8, 4) is 16.6 Å². The Hall–Kier alpha value is -2.48. The van der Waals surface area contributed by atoms with Crippen molar-refractivity contribution in [2.45, 2.75) is 26.0 Å². The Balaban J connectivity index is 1.81. The minimum absolute atomic E-state index is 0.225. The third-order valence-corrected chi connectivity index (χ3v) is 4.65. The molecule has 2 heterocycles. The van der Waals surface area contributed by atoms with Gasteiger partial charge in [0.15, 0.2) is 10.2 Å². The summed E-state index contributed by atoms with van der Waals surface area (Å²) in [6, 6.07) is 5.41. The average Bonchev–Trinajstić information content (AvgIpc) is 2.96. The third kappa shape index (κ3) is 3.96. The number of nitrogens with one attached hydrogen (secondary N) is 1. The Morgan fingerprint density at radius 3 is 2.84 bits per heavy atom. The van der Waals surface area contributed by atoms with E-state index in [1.807, 2.05) is 32.0 Å². The number of rotatable bonds is 3. The first-order valence-electron chi connectivity index (χ1n) is 7.82. The van der Waals surface area contributed by atoms with Gasteiger partial charge in [-0.1, -0.05) is 11.3 Å². The molecule has 0 unspecified atom stereocenters. The van der Waals surface area contributed by atoms with Gasteiger partial charge in [-0.2, -0.15) is 0 Å². The molecule has 0 fully saturated rings. The first-order valence-corrected chi connectivity index (χ1v) is 8.63. The smallest absolute Gasteiger partial charge is 0.324 e. The molecule has 0 aliphatic carbocycles. The highest BCUT2D eigenvalue weighted by molar-refractivity contribution is 7.17. The van der Waals surface area contributed by atoms with Crippen molar-refractivity contribution in [1.29, 1.82) is 0 Å². The van der Waals surface area contributed by atoms with E-state index in [0.29, 0.717) is 23.3 Å². The number of benzene rings is 1. The number of hydrogen-bond donors (Lipinski definition) is 1. The fourth-order valence-electron chi connectivity index (χ4n) is 2.66. The molecule has 0 bridgehead atoms. The lowest BCUT2D eigenvalue weighted by Gasteiger charge is -2.29. The van der Waals surface area contributed by atoms with E-state index in [9.17, 15) is 4.79 Å². The number of aromatic nitrogens is 1. The number of amides is 2. The number of thiazole rings is 1. The number of anilines is 1. The topological polar surface area (TPSA) is 72.9 Å². The van der Waals surface area contributed by atoms with Gasteiger partial charge in [-0.15, -0.1) is 0 Å². The van der Waals surface area contributed by atoms with Crippen molar-refractivity contribution in [3.63, 3.8) is 0 Å². The first kappa shape index (κ1) is 17.3. The normalized spacial score (nSPS) is 15.6. The maximum absolute atomic E-state index is 12.7. The molecule has 0 saturated carbocycles. The minimum Gasteiger partial charge on any atom is -0.497 e. The number of ether oxygens (including phenoxy) is 3. The number of carbonyl (C=O) groups is 1. The Morgan fingerprint density at radius 2 is 2.16 bits per heavy atom. The molecule has 0 spiro atoms. The van der Waals surface area contributed by atoms with E-state index in [1.165, 1.54) is 11.3 Å². The summed E-state index contributed by atoms with van der Waals surface area (Å²) in [6.07, 6.45) is 1.58. The zero-order chi connectivity index (χ0) is 18.0. The molecule has 2 amide bonds. The Morgan fingerprint density at radius 1 is 1.36 bits per heavy atom. The molecule has 3 rings (SSSR count). The van der Waals surface area contributed by atoms with Gasteiger partial charge < -0.3 is 19.1 Å². The van der Waals surface area contributed by atoms with Crippen LogP contribution in [0.2, 0.25) is 0 Å². The predicted octanol–water partition coefficient (Wildman–Crippen LogP) is 3.37. The number of nitrogens with zero attached hydrogens (tertiary/aromatic N) is 2. The molecule has 2 aromatic rings. The van der Waals surface area contributed by atoms with Crippen LogP contribution in [0.4, 0.5) is 9.93 Å². The molecule has 1 aromatic heterocycles. The molecule has 8 heteroatoms. The van der Waals surface area contributed by atoms with Crippen LogP contribution in [0.1, 0.15) is 19.4 Å². The van der Waals surface area contributed by atoms with Crippen molar-refractivity contribution in [1.82, 2.24) is 9.88 Å². The lowest BCUT2D eigenvalue weighted by atomic mass is 10.1. The van der Waals surface area contributed by atoms with Gasteiger partial charge in [0.05, 0.1) is 33.5 Å². The van der Waals surface area contributed by atoms with E-state index >= 15 is 0 Å². The molecule has 1 aromatic carbocycles. The molecule has 1 aliphatic rings. The molecule has 25 heavy (non-hydrogen) atoms. The van der Waals surface area contributed by atoms with Crippen molar-refractivity contribution in [2.75, 3.05) is 26.1 Å². The summed E-state index contributed by atoms with van der Waals surface area (Å²) in [4.78, 5) is 18.5. The van der Waals surface area contributed by atoms with Crippen LogP contribution in [-0.2, 0) is 6.54 Å². The maximum atomic E-state index is 12.7. The molecular weight excluding hydrogens is 342 g/mol. The summed E-state index contributed by atoms with van der Waals surface area (Å²) in [7, 11) is 3.19. The summed E-state index contributed by atoms with van der Waals surface area (Å²) < 4.78 is 16.5. The number of hydrogen-bond acceptors (Lipinski definition) is 6. The van der Waals surface area contributed by atoms with Crippen LogP contribution in [0.15, 0.2) is 24.4 Å². The number of urea groups is 1. The second-order valence-corrected chi connectivity index (χ2v) is 7.30. The summed E-state index contributed by atoms with van der Waals surface area (Å²) in [6.45, 7) is 4.79. The number of methoxy groups -OCH3 is 2.